The lowest BCUT2D eigenvalue weighted by atomic mass is 9.71. The lowest BCUT2D eigenvalue weighted by Gasteiger charge is -2.41. The van der Waals surface area contributed by atoms with Crippen molar-refractivity contribution in [1.82, 2.24) is 24.8 Å². The molecule has 12 nitrogen and oxygen atoms in total. The molecular formula is C31H40N6O6. The fourth-order valence-electron chi connectivity index (χ4n) is 8.00. The molecule has 2 unspecified atom stereocenters. The Balaban J connectivity index is 1.26. The zero-order valence-corrected chi connectivity index (χ0v) is 25.1. The van der Waals surface area contributed by atoms with Crippen LogP contribution in [0.15, 0.2) is 47.8 Å². The molecule has 0 radical (unpaired) electrons. The summed E-state index contributed by atoms with van der Waals surface area (Å²) in [4.78, 5) is 68.0. The summed E-state index contributed by atoms with van der Waals surface area (Å²) in [5.74, 6) is -1.26. The van der Waals surface area contributed by atoms with Crippen molar-refractivity contribution in [3.05, 3.63) is 59.1 Å². The number of rotatable bonds is 11. The number of nitrogens with zero attached hydrogens (tertiary/aromatic N) is 3. The topological polar surface area (TPSA) is 153 Å². The van der Waals surface area contributed by atoms with Crippen LogP contribution in [0.25, 0.3) is 0 Å². The van der Waals surface area contributed by atoms with Gasteiger partial charge in [-0.3, -0.25) is 19.2 Å². The summed E-state index contributed by atoms with van der Waals surface area (Å²) < 4.78 is 7.38. The Labute approximate surface area is 250 Å². The summed E-state index contributed by atoms with van der Waals surface area (Å²) in [6.07, 6.45) is 12.9. The van der Waals surface area contributed by atoms with Crippen molar-refractivity contribution in [2.75, 3.05) is 12.4 Å². The van der Waals surface area contributed by atoms with Crippen molar-refractivity contribution in [2.24, 2.45) is 23.8 Å². The first-order chi connectivity index (χ1) is 20.4. The summed E-state index contributed by atoms with van der Waals surface area (Å²) in [7, 11) is 2.91. The van der Waals surface area contributed by atoms with E-state index in [9.17, 15) is 24.0 Å². The molecule has 2 aromatic heterocycles. The molecule has 4 fully saturated rings. The normalized spacial score (nSPS) is 27.7. The highest BCUT2D eigenvalue weighted by atomic mass is 16.5. The van der Waals surface area contributed by atoms with Crippen molar-refractivity contribution in [2.45, 2.75) is 76.9 Å². The summed E-state index contributed by atoms with van der Waals surface area (Å²) in [6, 6.07) is 2.02. The molecule has 3 N–H and O–H groups in total. The summed E-state index contributed by atoms with van der Waals surface area (Å²) in [6.45, 7) is 4.53. The number of allylic oxidation sites excluding steroid dienone is 1. The maximum Gasteiger partial charge on any atom is 0.330 e. The number of methoxy groups -OCH3 is 1. The number of hydrogen-bond donors (Lipinski definition) is 3. The van der Waals surface area contributed by atoms with Gasteiger partial charge in [-0.15, -0.1) is 0 Å². The number of carbonyl (C=O) groups is 4. The van der Waals surface area contributed by atoms with Crippen LogP contribution in [0.4, 0.5) is 5.69 Å². The van der Waals surface area contributed by atoms with E-state index < -0.39 is 29.4 Å². The van der Waals surface area contributed by atoms with Gasteiger partial charge in [0.1, 0.15) is 24.0 Å². The minimum Gasteiger partial charge on any atom is -0.466 e. The van der Waals surface area contributed by atoms with Gasteiger partial charge in [0.2, 0.25) is 11.8 Å². The smallest absolute Gasteiger partial charge is 0.330 e. The molecule has 3 atom stereocenters. The van der Waals surface area contributed by atoms with E-state index in [0.29, 0.717) is 5.92 Å². The van der Waals surface area contributed by atoms with Crippen molar-refractivity contribution < 1.29 is 23.9 Å². The highest BCUT2D eigenvalue weighted by Gasteiger charge is 2.67. The number of imidazole rings is 1. The molecule has 4 saturated carbocycles. The van der Waals surface area contributed by atoms with Gasteiger partial charge in [-0.2, -0.15) is 0 Å². The number of pyridine rings is 1. The van der Waals surface area contributed by atoms with Crippen LogP contribution in [0.1, 0.15) is 69.3 Å². The Bertz CT molecular complexity index is 1510. The van der Waals surface area contributed by atoms with Gasteiger partial charge < -0.3 is 29.8 Å². The van der Waals surface area contributed by atoms with Crippen LogP contribution in [0, 0.1) is 16.7 Å². The molecule has 2 aromatic rings. The third-order valence-corrected chi connectivity index (χ3v) is 9.82. The molecule has 4 aliphatic carbocycles. The van der Waals surface area contributed by atoms with Crippen LogP contribution in [0.5, 0.6) is 0 Å². The van der Waals surface area contributed by atoms with E-state index in [2.05, 4.69) is 39.5 Å². The minimum atomic E-state index is -1.03. The fourth-order valence-corrected chi connectivity index (χ4v) is 8.00. The van der Waals surface area contributed by atoms with Crippen LogP contribution in [-0.4, -0.2) is 56.5 Å². The third kappa shape index (κ3) is 6.00. The van der Waals surface area contributed by atoms with Gasteiger partial charge >= 0.3 is 5.97 Å². The minimum absolute atomic E-state index is 0.0109. The van der Waals surface area contributed by atoms with E-state index in [0.717, 1.165) is 19.3 Å². The molecule has 4 bridgehead atoms. The first-order valence-corrected chi connectivity index (χ1v) is 14.7. The average molecular weight is 593 g/mol. The van der Waals surface area contributed by atoms with E-state index in [4.69, 9.17) is 0 Å². The molecule has 2 heterocycles. The second-order valence-corrected chi connectivity index (χ2v) is 13.0. The monoisotopic (exact) mass is 592 g/mol. The van der Waals surface area contributed by atoms with E-state index in [-0.39, 0.29) is 53.0 Å². The van der Waals surface area contributed by atoms with Gasteiger partial charge in [-0.25, -0.2) is 9.78 Å². The lowest BCUT2D eigenvalue weighted by Crippen LogP contribution is -2.52. The number of aryl methyl sites for hydroxylation is 1. The second kappa shape index (κ2) is 11.5. The number of carbonyl (C=O) groups excluding carboxylic acids is 4. The van der Waals surface area contributed by atoms with Crippen molar-refractivity contribution >= 4 is 29.4 Å². The molecule has 0 spiro atoms. The van der Waals surface area contributed by atoms with E-state index in [1.807, 2.05) is 0 Å². The first kappa shape index (κ1) is 30.2. The molecular weight excluding hydrogens is 552 g/mol. The number of amides is 3. The highest BCUT2D eigenvalue weighted by Crippen LogP contribution is 2.73. The van der Waals surface area contributed by atoms with E-state index in [1.165, 1.54) is 59.9 Å². The molecule has 6 rings (SSSR count). The van der Waals surface area contributed by atoms with Gasteiger partial charge in [0, 0.05) is 24.9 Å². The maximum absolute atomic E-state index is 13.3. The predicted octanol–water partition coefficient (Wildman–Crippen LogP) is 2.30. The Morgan fingerprint density at radius 2 is 1.88 bits per heavy atom. The number of esters is 1. The molecule has 4 aliphatic rings. The zero-order valence-electron chi connectivity index (χ0n) is 25.1. The van der Waals surface area contributed by atoms with Crippen molar-refractivity contribution in [3.8, 4) is 0 Å². The number of hydrogen-bond acceptors (Lipinski definition) is 7. The largest absolute Gasteiger partial charge is 0.466 e. The maximum atomic E-state index is 13.3. The van der Waals surface area contributed by atoms with Crippen molar-refractivity contribution in [1.29, 1.82) is 0 Å². The van der Waals surface area contributed by atoms with Crippen LogP contribution in [0.3, 0.4) is 0 Å². The Morgan fingerprint density at radius 1 is 1.16 bits per heavy atom. The third-order valence-electron chi connectivity index (χ3n) is 9.82. The lowest BCUT2D eigenvalue weighted by molar-refractivity contribution is -0.134. The van der Waals surface area contributed by atoms with Crippen LogP contribution >= 0.6 is 0 Å². The van der Waals surface area contributed by atoms with Gasteiger partial charge in [0.15, 0.2) is 0 Å². The van der Waals surface area contributed by atoms with Crippen LogP contribution in [-0.2, 0) is 32.7 Å². The van der Waals surface area contributed by atoms with E-state index >= 15 is 0 Å². The summed E-state index contributed by atoms with van der Waals surface area (Å²) in [5, 5.41) is 8.60. The Hall–Kier alpha value is -4.22. The summed E-state index contributed by atoms with van der Waals surface area (Å²) in [5.41, 5.74) is -0.0333. The van der Waals surface area contributed by atoms with Gasteiger partial charge in [-0.1, -0.05) is 19.9 Å². The number of anilines is 1. The second-order valence-electron chi connectivity index (χ2n) is 13.0. The first-order valence-electron chi connectivity index (χ1n) is 14.7. The number of nitrogens with one attached hydrogen (secondary N) is 3. The molecule has 0 aromatic carbocycles. The highest BCUT2D eigenvalue weighted by molar-refractivity contribution is 6.00. The molecule has 230 valence electrons. The van der Waals surface area contributed by atoms with Crippen LogP contribution < -0.4 is 21.5 Å². The average Bonchev–Trinajstić information content (AvgIpc) is 3.48. The molecule has 43 heavy (non-hydrogen) atoms. The van der Waals surface area contributed by atoms with Crippen molar-refractivity contribution in [3.63, 3.8) is 0 Å². The predicted molar refractivity (Wildman–Crippen MR) is 158 cm³/mol. The summed E-state index contributed by atoms with van der Waals surface area (Å²) >= 11 is 0. The Morgan fingerprint density at radius 3 is 2.51 bits per heavy atom. The standard InChI is InChI=1S/C31H40N6O6/c1-29-12-20-13-30(29,2)18-31(14-20,17-29)35-24(38)16-37-11-7-9-22(28(37)42)34-26(40)21(8-5-6-10-25(39)43-4)33-27(41)23-15-32-19-36(23)3/h6-7,9-11,15,19-21H,5,8,12-14,16-18H2,1-4H3,(H,33,41)(H,34,40)(H,35,38)/b10-6+/t20?,21-,29?,30?,31?/m0/s1. The van der Waals surface area contributed by atoms with Gasteiger partial charge in [0.05, 0.1) is 19.6 Å². The van der Waals surface area contributed by atoms with E-state index in [1.54, 1.807) is 19.2 Å². The zero-order chi connectivity index (χ0) is 31.0. The quantitative estimate of drug-likeness (QED) is 0.267. The van der Waals surface area contributed by atoms with Crippen LogP contribution in [0.2, 0.25) is 0 Å². The molecule has 0 aliphatic heterocycles. The SMILES string of the molecule is COC(=O)/C=C/CC[C@H](NC(=O)c1cncn1C)C(=O)Nc1cccn(CC(=O)NC23CC4CC(C)(C2)C(C)(C4)C3)c1=O. The molecule has 12 heteroatoms. The molecule has 3 amide bonds. The van der Waals surface area contributed by atoms with Gasteiger partial charge in [0.25, 0.3) is 11.5 Å². The molecule has 0 saturated heterocycles. The number of ether oxygens (including phenoxy) is 1. The van der Waals surface area contributed by atoms with Gasteiger partial charge in [-0.05, 0) is 73.8 Å². The number of aromatic nitrogens is 3. The fraction of sp³-hybridized carbons (Fsp3) is 0.548. The Kier molecular flexibility index (Phi) is 8.06.